The lowest BCUT2D eigenvalue weighted by molar-refractivity contribution is -0.169. The molecule has 1 aliphatic rings. The molecule has 0 aliphatic carbocycles. The summed E-state index contributed by atoms with van der Waals surface area (Å²) in [4.78, 5) is 11.1. The molecule has 1 fully saturated rings. The second-order valence-electron chi connectivity index (χ2n) is 9.02. The summed E-state index contributed by atoms with van der Waals surface area (Å²) >= 11 is 0. The molecule has 0 unspecified atom stereocenters. The minimum absolute atomic E-state index is 0.0524. The van der Waals surface area contributed by atoms with Crippen molar-refractivity contribution in [3.63, 3.8) is 0 Å². The van der Waals surface area contributed by atoms with Crippen molar-refractivity contribution in [1.82, 2.24) is 0 Å². The number of rotatable bonds is 9. The Labute approximate surface area is 182 Å². The van der Waals surface area contributed by atoms with Gasteiger partial charge in [-0.15, -0.1) is 0 Å². The molecule has 160 valence electrons. The van der Waals surface area contributed by atoms with Gasteiger partial charge in [0.05, 0.1) is 12.2 Å². The summed E-state index contributed by atoms with van der Waals surface area (Å²) in [5, 5.41) is 2.44. The van der Waals surface area contributed by atoms with Gasteiger partial charge in [-0.2, -0.15) is 0 Å². The normalized spacial score (nSPS) is 20.7. The van der Waals surface area contributed by atoms with Crippen LogP contribution in [0.1, 0.15) is 47.0 Å². The van der Waals surface area contributed by atoms with Gasteiger partial charge in [0.1, 0.15) is 12.4 Å². The number of hydrogen-bond acceptors (Lipinski definition) is 3. The fourth-order valence-corrected chi connectivity index (χ4v) is 9.08. The fraction of sp³-hybridized carbons (Fsp3) is 0.423. The van der Waals surface area contributed by atoms with E-state index >= 15 is 0 Å². The Hall–Kier alpha value is -2.01. The molecule has 3 atom stereocenters. The number of ether oxygens (including phenoxy) is 1. The Balaban J connectivity index is 2.08. The quantitative estimate of drug-likeness (QED) is 0.335. The van der Waals surface area contributed by atoms with E-state index in [1.807, 2.05) is 0 Å². The Bertz CT molecular complexity index is 781. The van der Waals surface area contributed by atoms with Gasteiger partial charge in [-0.3, -0.25) is 0 Å². The Morgan fingerprint density at radius 3 is 2.00 bits per heavy atom. The summed E-state index contributed by atoms with van der Waals surface area (Å²) in [5.74, 6) is 0. The standard InChI is InChI=1S/C26H34O3Si/c1-5-6-9-18-24(25-19-21(20-27)28-25)29-30(26(2,3)4,22-14-10-7-11-15-22)23-16-12-8-13-17-23/h6-17,20-21,24-25H,5,18-19H2,1-4H3/b9-6+/t21-,24+,25+/m1/s1. The van der Waals surface area contributed by atoms with Crippen molar-refractivity contribution in [3.05, 3.63) is 72.8 Å². The summed E-state index contributed by atoms with van der Waals surface area (Å²) in [6.07, 6.45) is 7.35. The van der Waals surface area contributed by atoms with Gasteiger partial charge < -0.3 is 14.0 Å². The van der Waals surface area contributed by atoms with E-state index in [9.17, 15) is 4.79 Å². The third kappa shape index (κ3) is 4.66. The SMILES string of the molecule is CC/C=C/C[C@H](O[Si](c1ccccc1)(c1ccccc1)C(C)(C)C)[C@@H]1C[C@H](C=O)O1. The van der Waals surface area contributed by atoms with Crippen LogP contribution in [0.5, 0.6) is 0 Å². The molecule has 0 bridgehead atoms. The first kappa shape index (κ1) is 22.7. The summed E-state index contributed by atoms with van der Waals surface area (Å²) in [7, 11) is -2.65. The Morgan fingerprint density at radius 1 is 1.03 bits per heavy atom. The highest BCUT2D eigenvalue weighted by atomic mass is 28.4. The molecule has 0 radical (unpaired) electrons. The van der Waals surface area contributed by atoms with E-state index in [1.54, 1.807) is 0 Å². The molecule has 30 heavy (non-hydrogen) atoms. The van der Waals surface area contributed by atoms with E-state index in [0.29, 0.717) is 0 Å². The molecule has 1 aliphatic heterocycles. The van der Waals surface area contributed by atoms with E-state index in [0.717, 1.165) is 25.5 Å². The lowest BCUT2D eigenvalue weighted by Crippen LogP contribution is -2.69. The predicted molar refractivity (Wildman–Crippen MR) is 126 cm³/mol. The van der Waals surface area contributed by atoms with E-state index < -0.39 is 8.32 Å². The molecule has 4 heteroatoms. The van der Waals surface area contributed by atoms with Gasteiger partial charge in [0.2, 0.25) is 0 Å². The number of carbonyl (C=O) groups is 1. The maximum atomic E-state index is 11.1. The largest absolute Gasteiger partial charge is 0.402 e. The average molecular weight is 423 g/mol. The van der Waals surface area contributed by atoms with Gasteiger partial charge in [0.25, 0.3) is 8.32 Å². The van der Waals surface area contributed by atoms with Crippen molar-refractivity contribution in [2.24, 2.45) is 0 Å². The van der Waals surface area contributed by atoms with Crippen LogP contribution >= 0.6 is 0 Å². The minimum Gasteiger partial charge on any atom is -0.402 e. The number of aldehydes is 1. The first-order chi connectivity index (χ1) is 14.4. The second-order valence-corrected chi connectivity index (χ2v) is 13.3. The van der Waals surface area contributed by atoms with Gasteiger partial charge in [0, 0.05) is 6.42 Å². The number of carbonyl (C=O) groups excluding carboxylic acids is 1. The summed E-state index contributed by atoms with van der Waals surface area (Å²) < 4.78 is 13.2. The summed E-state index contributed by atoms with van der Waals surface area (Å²) in [6, 6.07) is 21.3. The van der Waals surface area contributed by atoms with Crippen molar-refractivity contribution in [2.75, 3.05) is 0 Å². The van der Waals surface area contributed by atoms with Crippen molar-refractivity contribution in [2.45, 2.75) is 70.3 Å². The zero-order valence-corrected chi connectivity index (χ0v) is 19.6. The molecule has 0 N–H and O–H groups in total. The van der Waals surface area contributed by atoms with Crippen molar-refractivity contribution < 1.29 is 14.0 Å². The third-order valence-electron chi connectivity index (χ3n) is 5.90. The zero-order valence-electron chi connectivity index (χ0n) is 18.6. The van der Waals surface area contributed by atoms with Crippen LogP contribution in [0.15, 0.2) is 72.8 Å². The second kappa shape index (κ2) is 9.86. The highest BCUT2D eigenvalue weighted by Gasteiger charge is 2.53. The number of allylic oxidation sites excluding steroid dienone is 1. The highest BCUT2D eigenvalue weighted by molar-refractivity contribution is 6.99. The molecule has 2 aromatic rings. The predicted octanol–water partition coefficient (Wildman–Crippen LogP) is 4.64. The van der Waals surface area contributed by atoms with Crippen LogP contribution in [0.3, 0.4) is 0 Å². The molecule has 2 aromatic carbocycles. The molecule has 1 saturated heterocycles. The van der Waals surface area contributed by atoms with Crippen LogP contribution in [0.25, 0.3) is 0 Å². The van der Waals surface area contributed by atoms with E-state index in [4.69, 9.17) is 9.16 Å². The zero-order chi connectivity index (χ0) is 21.6. The topological polar surface area (TPSA) is 35.5 Å². The van der Waals surface area contributed by atoms with Gasteiger partial charge in [-0.25, -0.2) is 0 Å². The molecule has 0 spiro atoms. The van der Waals surface area contributed by atoms with Gasteiger partial charge in [-0.05, 0) is 28.3 Å². The van der Waals surface area contributed by atoms with Crippen LogP contribution in [0.2, 0.25) is 5.04 Å². The molecular weight excluding hydrogens is 388 g/mol. The fourth-order valence-electron chi connectivity index (χ4n) is 4.36. The van der Waals surface area contributed by atoms with Gasteiger partial charge >= 0.3 is 0 Å². The maximum absolute atomic E-state index is 11.1. The first-order valence-corrected chi connectivity index (χ1v) is 12.9. The molecule has 0 saturated carbocycles. The van der Waals surface area contributed by atoms with E-state index in [1.165, 1.54) is 10.4 Å². The summed E-state index contributed by atoms with van der Waals surface area (Å²) in [6.45, 7) is 8.99. The number of hydrogen-bond donors (Lipinski definition) is 0. The molecule has 0 aromatic heterocycles. The highest BCUT2D eigenvalue weighted by Crippen LogP contribution is 2.39. The van der Waals surface area contributed by atoms with Gasteiger partial charge in [0.15, 0.2) is 0 Å². The third-order valence-corrected chi connectivity index (χ3v) is 11.0. The summed E-state index contributed by atoms with van der Waals surface area (Å²) in [5.41, 5.74) is 0. The average Bonchev–Trinajstić information content (AvgIpc) is 2.71. The van der Waals surface area contributed by atoms with Crippen molar-refractivity contribution in [3.8, 4) is 0 Å². The number of benzene rings is 2. The van der Waals surface area contributed by atoms with Crippen LogP contribution < -0.4 is 10.4 Å². The molecule has 3 rings (SSSR count). The van der Waals surface area contributed by atoms with Crippen LogP contribution in [0.4, 0.5) is 0 Å². The van der Waals surface area contributed by atoms with Gasteiger partial charge in [-0.1, -0.05) is 101 Å². The van der Waals surface area contributed by atoms with E-state index in [2.05, 4.69) is 101 Å². The Kier molecular flexibility index (Phi) is 7.45. The Morgan fingerprint density at radius 2 is 1.57 bits per heavy atom. The van der Waals surface area contributed by atoms with Crippen LogP contribution in [-0.4, -0.2) is 32.9 Å². The lowest BCUT2D eigenvalue weighted by Gasteiger charge is -2.48. The molecular formula is C26H34O3Si. The lowest BCUT2D eigenvalue weighted by atomic mass is 9.98. The molecule has 3 nitrogen and oxygen atoms in total. The molecule has 1 heterocycles. The van der Waals surface area contributed by atoms with Crippen molar-refractivity contribution in [1.29, 1.82) is 0 Å². The smallest absolute Gasteiger partial charge is 0.261 e. The van der Waals surface area contributed by atoms with Crippen LogP contribution in [0, 0.1) is 0 Å². The van der Waals surface area contributed by atoms with E-state index in [-0.39, 0.29) is 23.4 Å². The molecule has 0 amide bonds. The van der Waals surface area contributed by atoms with Crippen molar-refractivity contribution >= 4 is 25.0 Å². The monoisotopic (exact) mass is 422 g/mol. The maximum Gasteiger partial charge on any atom is 0.261 e. The first-order valence-electron chi connectivity index (χ1n) is 11.0. The van der Waals surface area contributed by atoms with Crippen LogP contribution in [-0.2, 0) is 14.0 Å². The minimum atomic E-state index is -2.65.